The number of nitrogens with zero attached hydrogens (tertiary/aromatic N) is 1. The normalized spacial score (nSPS) is 21.0. The lowest BCUT2D eigenvalue weighted by Gasteiger charge is -2.34. The van der Waals surface area contributed by atoms with Crippen molar-refractivity contribution in [1.29, 1.82) is 0 Å². The summed E-state index contributed by atoms with van der Waals surface area (Å²) in [6, 6.07) is 11.4. The fourth-order valence-corrected chi connectivity index (χ4v) is 3.54. The van der Waals surface area contributed by atoms with E-state index in [-0.39, 0.29) is 18.4 Å². The first kappa shape index (κ1) is 16.2. The second-order valence-corrected chi connectivity index (χ2v) is 6.85. The van der Waals surface area contributed by atoms with Crippen LogP contribution in [-0.2, 0) is 15.1 Å². The molecule has 0 saturated carbocycles. The molecule has 1 aliphatic heterocycles. The van der Waals surface area contributed by atoms with E-state index in [9.17, 15) is 9.90 Å². The lowest BCUT2D eigenvalue weighted by Crippen LogP contribution is -2.44. The number of aliphatic hydroxyl groups is 1. The Kier molecular flexibility index (Phi) is 4.80. The van der Waals surface area contributed by atoms with Crippen molar-refractivity contribution in [2.24, 2.45) is 0 Å². The van der Waals surface area contributed by atoms with E-state index in [1.54, 1.807) is 23.2 Å². The lowest BCUT2D eigenvalue weighted by molar-refractivity contribution is -0.144. The van der Waals surface area contributed by atoms with Gasteiger partial charge in [0, 0.05) is 6.54 Å². The molecule has 1 aromatic heterocycles. The summed E-state index contributed by atoms with van der Waals surface area (Å²) in [4.78, 5) is 14.4. The van der Waals surface area contributed by atoms with E-state index in [1.807, 2.05) is 41.8 Å². The van der Waals surface area contributed by atoms with Crippen LogP contribution in [-0.4, -0.2) is 35.6 Å². The lowest BCUT2D eigenvalue weighted by atomic mass is 9.92. The van der Waals surface area contributed by atoms with Crippen LogP contribution in [0, 0.1) is 0 Å². The van der Waals surface area contributed by atoms with Gasteiger partial charge in [-0.15, -0.1) is 0 Å². The van der Waals surface area contributed by atoms with Gasteiger partial charge >= 0.3 is 0 Å². The number of amides is 1. The Morgan fingerprint density at radius 1 is 1.39 bits per heavy atom. The minimum Gasteiger partial charge on any atom is -0.385 e. The van der Waals surface area contributed by atoms with Gasteiger partial charge in [0.25, 0.3) is 0 Å². The average molecular weight is 331 g/mol. The van der Waals surface area contributed by atoms with Crippen LogP contribution >= 0.6 is 11.3 Å². The first-order valence-corrected chi connectivity index (χ1v) is 8.70. The van der Waals surface area contributed by atoms with Gasteiger partial charge in [0.1, 0.15) is 6.10 Å². The van der Waals surface area contributed by atoms with Crippen LogP contribution in [0.3, 0.4) is 0 Å². The molecular weight excluding hydrogens is 310 g/mol. The molecular formula is C18H21NO3S. The molecule has 3 rings (SSSR count). The number of thiophene rings is 1. The van der Waals surface area contributed by atoms with Gasteiger partial charge in [-0.25, -0.2) is 0 Å². The molecule has 0 bridgehead atoms. The molecule has 0 spiro atoms. The zero-order chi connectivity index (χ0) is 16.3. The highest BCUT2D eigenvalue weighted by Gasteiger charge is 2.32. The van der Waals surface area contributed by atoms with Crippen LogP contribution in [0.15, 0.2) is 47.2 Å². The van der Waals surface area contributed by atoms with Crippen molar-refractivity contribution in [3.05, 3.63) is 58.3 Å². The summed E-state index contributed by atoms with van der Waals surface area (Å²) in [6.07, 6.45) is 0.00789. The number of rotatable bonds is 4. The summed E-state index contributed by atoms with van der Waals surface area (Å²) in [7, 11) is 0. The van der Waals surface area contributed by atoms with Crippen LogP contribution in [0.5, 0.6) is 0 Å². The van der Waals surface area contributed by atoms with Gasteiger partial charge in [0.15, 0.2) is 0 Å². The van der Waals surface area contributed by atoms with E-state index in [0.29, 0.717) is 19.7 Å². The monoisotopic (exact) mass is 331 g/mol. The van der Waals surface area contributed by atoms with Crippen LogP contribution in [0.1, 0.15) is 30.6 Å². The Hall–Kier alpha value is -1.69. The number of hydrogen-bond acceptors (Lipinski definition) is 4. The minimum atomic E-state index is -1.16. The quantitative estimate of drug-likeness (QED) is 0.937. The molecule has 1 N–H and O–H groups in total. The van der Waals surface area contributed by atoms with E-state index >= 15 is 0 Å². The Balaban J connectivity index is 1.66. The first-order valence-electron chi connectivity index (χ1n) is 7.75. The van der Waals surface area contributed by atoms with Gasteiger partial charge in [-0.05, 0) is 34.9 Å². The van der Waals surface area contributed by atoms with Crippen LogP contribution in [0.25, 0.3) is 0 Å². The van der Waals surface area contributed by atoms with Gasteiger partial charge in [-0.1, -0.05) is 30.3 Å². The maximum absolute atomic E-state index is 12.6. The molecule has 5 heteroatoms. The van der Waals surface area contributed by atoms with Crippen molar-refractivity contribution < 1.29 is 14.6 Å². The zero-order valence-corrected chi connectivity index (χ0v) is 14.0. The maximum atomic E-state index is 12.6. The molecule has 0 aliphatic carbocycles. The van der Waals surface area contributed by atoms with Crippen molar-refractivity contribution in [2.75, 3.05) is 19.7 Å². The summed E-state index contributed by atoms with van der Waals surface area (Å²) in [5.74, 6) is -0.0395. The van der Waals surface area contributed by atoms with E-state index in [4.69, 9.17) is 4.74 Å². The molecule has 1 aliphatic rings. The number of carbonyl (C=O) groups is 1. The number of benzene rings is 1. The van der Waals surface area contributed by atoms with Crippen molar-refractivity contribution in [3.63, 3.8) is 0 Å². The number of ether oxygens (including phenoxy) is 1. The van der Waals surface area contributed by atoms with E-state index in [0.717, 1.165) is 11.1 Å². The number of carbonyl (C=O) groups excluding carboxylic acids is 1. The largest absolute Gasteiger partial charge is 0.385 e. The van der Waals surface area contributed by atoms with Crippen LogP contribution < -0.4 is 0 Å². The highest BCUT2D eigenvalue weighted by Crippen LogP contribution is 2.28. The standard InChI is InChI=1S/C18H21NO3S/c1-18(21,15-5-3-2-4-6-15)11-17(20)19-8-9-22-16(12-19)14-7-10-23-13-14/h2-7,10,13,16,21H,8-9,11-12H2,1H3. The van der Waals surface area contributed by atoms with Crippen molar-refractivity contribution in [2.45, 2.75) is 25.0 Å². The molecule has 2 aromatic rings. The van der Waals surface area contributed by atoms with Crippen LogP contribution in [0.2, 0.25) is 0 Å². The van der Waals surface area contributed by atoms with E-state index in [1.165, 1.54) is 0 Å². The molecule has 1 saturated heterocycles. The van der Waals surface area contributed by atoms with Gasteiger partial charge in [-0.3, -0.25) is 4.79 Å². The molecule has 1 aromatic carbocycles. The van der Waals surface area contributed by atoms with Crippen molar-refractivity contribution >= 4 is 17.2 Å². The third kappa shape index (κ3) is 3.80. The van der Waals surface area contributed by atoms with Gasteiger partial charge < -0.3 is 14.7 Å². The molecule has 23 heavy (non-hydrogen) atoms. The molecule has 1 fully saturated rings. The predicted molar refractivity (Wildman–Crippen MR) is 90.2 cm³/mol. The van der Waals surface area contributed by atoms with Gasteiger partial charge in [-0.2, -0.15) is 11.3 Å². The van der Waals surface area contributed by atoms with Crippen LogP contribution in [0.4, 0.5) is 0 Å². The van der Waals surface area contributed by atoms with Gasteiger partial charge in [0.05, 0.1) is 25.2 Å². The topological polar surface area (TPSA) is 49.8 Å². The summed E-state index contributed by atoms with van der Waals surface area (Å²) >= 11 is 1.63. The Morgan fingerprint density at radius 2 is 2.17 bits per heavy atom. The summed E-state index contributed by atoms with van der Waals surface area (Å²) in [5, 5.41) is 14.7. The third-order valence-corrected chi connectivity index (χ3v) is 4.93. The number of morpholine rings is 1. The average Bonchev–Trinajstić information content (AvgIpc) is 3.10. The molecule has 2 unspecified atom stereocenters. The molecule has 1 amide bonds. The summed E-state index contributed by atoms with van der Waals surface area (Å²) in [6.45, 7) is 3.33. The molecule has 2 heterocycles. The predicted octanol–water partition coefficient (Wildman–Crippen LogP) is 2.95. The summed E-state index contributed by atoms with van der Waals surface area (Å²) in [5.41, 5.74) is 0.715. The highest BCUT2D eigenvalue weighted by molar-refractivity contribution is 7.07. The second kappa shape index (κ2) is 6.83. The molecule has 4 nitrogen and oxygen atoms in total. The van der Waals surface area contributed by atoms with Gasteiger partial charge in [0.2, 0.25) is 5.91 Å². The first-order chi connectivity index (χ1) is 11.1. The van der Waals surface area contributed by atoms with Crippen molar-refractivity contribution in [1.82, 2.24) is 4.90 Å². The van der Waals surface area contributed by atoms with E-state index in [2.05, 4.69) is 5.38 Å². The highest BCUT2D eigenvalue weighted by atomic mass is 32.1. The third-order valence-electron chi connectivity index (χ3n) is 4.23. The molecule has 2 atom stereocenters. The van der Waals surface area contributed by atoms with Crippen molar-refractivity contribution in [3.8, 4) is 0 Å². The maximum Gasteiger partial charge on any atom is 0.225 e. The Labute approximate surface area is 140 Å². The smallest absolute Gasteiger partial charge is 0.225 e. The Morgan fingerprint density at radius 3 is 2.87 bits per heavy atom. The fourth-order valence-electron chi connectivity index (χ4n) is 2.84. The Bertz CT molecular complexity index is 640. The van der Waals surface area contributed by atoms with E-state index < -0.39 is 5.60 Å². The SMILES string of the molecule is CC(O)(CC(=O)N1CCOC(c2ccsc2)C1)c1ccccc1. The second-order valence-electron chi connectivity index (χ2n) is 6.07. The summed E-state index contributed by atoms with van der Waals surface area (Å²) < 4.78 is 5.77. The molecule has 122 valence electrons. The fraction of sp³-hybridized carbons (Fsp3) is 0.389. The number of hydrogen-bond donors (Lipinski definition) is 1. The molecule has 0 radical (unpaired) electrons. The zero-order valence-electron chi connectivity index (χ0n) is 13.1. The minimum absolute atomic E-state index is 0.0395.